The highest BCUT2D eigenvalue weighted by atomic mass is 14.5. The van der Waals surface area contributed by atoms with Gasteiger partial charge in [-0.15, -0.1) is 0 Å². The number of hydrogen-bond acceptors (Lipinski definition) is 0. The normalized spacial score (nSPS) is 29.4. The van der Waals surface area contributed by atoms with Gasteiger partial charge in [-0.1, -0.05) is 68.8 Å². The van der Waals surface area contributed by atoms with Gasteiger partial charge in [-0.05, 0) is 72.6 Å². The summed E-state index contributed by atoms with van der Waals surface area (Å²) >= 11 is 0. The number of rotatable bonds is 3. The van der Waals surface area contributed by atoms with E-state index in [4.69, 9.17) is 0 Å². The van der Waals surface area contributed by atoms with Crippen LogP contribution in [0.2, 0.25) is 0 Å². The Morgan fingerprint density at radius 3 is 2.65 bits per heavy atom. The van der Waals surface area contributed by atoms with E-state index in [0.717, 1.165) is 6.42 Å². The zero-order valence-corrected chi connectivity index (χ0v) is 15.5. The molecule has 0 N–H and O–H groups in total. The van der Waals surface area contributed by atoms with Gasteiger partial charge >= 0.3 is 0 Å². The standard InChI is InChI=1S/C23H30/c1-7-16(2)8-9-19-15-23(19,6)18-10-11-21-20(14-18)17(3)12-13-22(21,4)5/h7-12,14,19H,13,15H2,1-6H3/b9-8?,16-7+/t19?,23-/m1/s1. The van der Waals surface area contributed by atoms with Crippen LogP contribution in [0.4, 0.5) is 0 Å². The van der Waals surface area contributed by atoms with Gasteiger partial charge < -0.3 is 0 Å². The van der Waals surface area contributed by atoms with Crippen molar-refractivity contribution in [2.75, 3.05) is 0 Å². The molecule has 0 nitrogen and oxygen atoms in total. The lowest BCUT2D eigenvalue weighted by molar-refractivity contribution is 0.526. The Labute approximate surface area is 142 Å². The molecule has 23 heavy (non-hydrogen) atoms. The predicted molar refractivity (Wildman–Crippen MR) is 102 cm³/mol. The first-order valence-electron chi connectivity index (χ1n) is 8.91. The summed E-state index contributed by atoms with van der Waals surface area (Å²) in [6.45, 7) is 13.7. The van der Waals surface area contributed by atoms with E-state index in [1.807, 2.05) is 0 Å². The molecule has 2 atom stereocenters. The molecule has 1 fully saturated rings. The van der Waals surface area contributed by atoms with Crippen LogP contribution in [0.3, 0.4) is 0 Å². The van der Waals surface area contributed by atoms with E-state index in [1.165, 1.54) is 34.3 Å². The second-order valence-electron chi connectivity index (χ2n) is 8.36. The summed E-state index contributed by atoms with van der Waals surface area (Å²) in [6, 6.07) is 7.25. The van der Waals surface area contributed by atoms with Crippen LogP contribution in [0, 0.1) is 5.92 Å². The van der Waals surface area contributed by atoms with E-state index in [1.54, 1.807) is 0 Å². The molecule has 0 spiro atoms. The van der Waals surface area contributed by atoms with Crippen LogP contribution < -0.4 is 0 Å². The number of hydrogen-bond donors (Lipinski definition) is 0. The van der Waals surface area contributed by atoms with E-state index in [-0.39, 0.29) is 5.41 Å². The topological polar surface area (TPSA) is 0 Å². The van der Waals surface area contributed by atoms with E-state index in [2.05, 4.69) is 84.0 Å². The molecule has 1 unspecified atom stereocenters. The van der Waals surface area contributed by atoms with Crippen LogP contribution in [-0.4, -0.2) is 0 Å². The average molecular weight is 306 g/mol. The summed E-state index contributed by atoms with van der Waals surface area (Å²) in [5, 5.41) is 0. The molecule has 2 aliphatic carbocycles. The fourth-order valence-electron chi connectivity index (χ4n) is 3.82. The lowest BCUT2D eigenvalue weighted by Crippen LogP contribution is -2.21. The maximum atomic E-state index is 2.47. The monoisotopic (exact) mass is 306 g/mol. The number of allylic oxidation sites excluding steroid dienone is 6. The molecular weight excluding hydrogens is 276 g/mol. The molecule has 0 aromatic heterocycles. The molecule has 0 heterocycles. The lowest BCUT2D eigenvalue weighted by atomic mass is 9.72. The Hall–Kier alpha value is -1.56. The average Bonchev–Trinajstić information content (AvgIpc) is 3.20. The van der Waals surface area contributed by atoms with Gasteiger partial charge in [-0.3, -0.25) is 0 Å². The third-order valence-electron chi connectivity index (χ3n) is 6.10. The SMILES string of the molecule is C/C=C(\C)C=CC1C[C@]1(C)c1ccc2c(c1)C(C)=CCC2(C)C. The summed E-state index contributed by atoms with van der Waals surface area (Å²) in [7, 11) is 0. The minimum atomic E-state index is 0.264. The molecule has 1 aromatic rings. The van der Waals surface area contributed by atoms with Crippen molar-refractivity contribution in [2.45, 2.75) is 65.2 Å². The van der Waals surface area contributed by atoms with E-state index in [9.17, 15) is 0 Å². The van der Waals surface area contributed by atoms with Crippen molar-refractivity contribution < 1.29 is 0 Å². The summed E-state index contributed by atoms with van der Waals surface area (Å²) in [6.07, 6.45) is 11.7. The Balaban J connectivity index is 1.91. The first-order chi connectivity index (χ1) is 10.8. The van der Waals surface area contributed by atoms with Gasteiger partial charge in [0, 0.05) is 0 Å². The Bertz CT molecular complexity index is 712. The van der Waals surface area contributed by atoms with Crippen LogP contribution >= 0.6 is 0 Å². The van der Waals surface area contributed by atoms with Crippen molar-refractivity contribution in [2.24, 2.45) is 5.92 Å². The van der Waals surface area contributed by atoms with Crippen LogP contribution in [0.25, 0.3) is 5.57 Å². The third kappa shape index (κ3) is 2.84. The van der Waals surface area contributed by atoms with Crippen molar-refractivity contribution in [1.82, 2.24) is 0 Å². The maximum Gasteiger partial charge on any atom is -0.000600 e. The largest absolute Gasteiger partial charge is 0.0847 e. The van der Waals surface area contributed by atoms with Crippen LogP contribution in [-0.2, 0) is 10.8 Å². The van der Waals surface area contributed by atoms with Gasteiger partial charge in [-0.2, -0.15) is 0 Å². The molecule has 0 radical (unpaired) electrons. The van der Waals surface area contributed by atoms with Gasteiger partial charge in [0.1, 0.15) is 0 Å². The van der Waals surface area contributed by atoms with Crippen molar-refractivity contribution in [1.29, 1.82) is 0 Å². The van der Waals surface area contributed by atoms with Gasteiger partial charge in [0.15, 0.2) is 0 Å². The molecule has 0 saturated heterocycles. The van der Waals surface area contributed by atoms with Crippen molar-refractivity contribution >= 4 is 5.57 Å². The zero-order chi connectivity index (χ0) is 16.8. The van der Waals surface area contributed by atoms with E-state index in [0.29, 0.717) is 11.3 Å². The highest BCUT2D eigenvalue weighted by Crippen LogP contribution is 2.55. The summed E-state index contributed by atoms with van der Waals surface area (Å²) < 4.78 is 0. The highest BCUT2D eigenvalue weighted by Gasteiger charge is 2.49. The van der Waals surface area contributed by atoms with Gasteiger partial charge in [0.2, 0.25) is 0 Å². The third-order valence-corrected chi connectivity index (χ3v) is 6.10. The predicted octanol–water partition coefficient (Wildman–Crippen LogP) is 6.57. The quantitative estimate of drug-likeness (QED) is 0.554. The fraction of sp³-hybridized carbons (Fsp3) is 0.478. The molecule has 1 saturated carbocycles. The summed E-state index contributed by atoms with van der Waals surface area (Å²) in [5.41, 5.74) is 7.88. The second-order valence-corrected chi connectivity index (χ2v) is 8.36. The summed E-state index contributed by atoms with van der Waals surface area (Å²) in [5.74, 6) is 0.677. The van der Waals surface area contributed by atoms with Crippen LogP contribution in [0.5, 0.6) is 0 Å². The lowest BCUT2D eigenvalue weighted by Gasteiger charge is -2.32. The highest BCUT2D eigenvalue weighted by molar-refractivity contribution is 5.71. The number of benzene rings is 1. The molecule has 122 valence electrons. The Kier molecular flexibility index (Phi) is 3.91. The molecular formula is C23H30. The first-order valence-corrected chi connectivity index (χ1v) is 8.91. The minimum absolute atomic E-state index is 0.264. The van der Waals surface area contributed by atoms with Gasteiger partial charge in [-0.25, -0.2) is 0 Å². The van der Waals surface area contributed by atoms with Crippen molar-refractivity contribution in [3.63, 3.8) is 0 Å². The Morgan fingerprint density at radius 2 is 1.96 bits per heavy atom. The van der Waals surface area contributed by atoms with Crippen molar-refractivity contribution in [3.8, 4) is 0 Å². The van der Waals surface area contributed by atoms with Crippen LogP contribution in [0.1, 0.15) is 71.1 Å². The summed E-state index contributed by atoms with van der Waals surface area (Å²) in [4.78, 5) is 0. The zero-order valence-electron chi connectivity index (χ0n) is 15.5. The molecule has 0 bridgehead atoms. The second kappa shape index (κ2) is 5.51. The fourth-order valence-corrected chi connectivity index (χ4v) is 3.82. The van der Waals surface area contributed by atoms with E-state index < -0.39 is 0 Å². The molecule has 0 amide bonds. The number of fused-ring (bicyclic) bond motifs is 1. The van der Waals surface area contributed by atoms with Crippen molar-refractivity contribution in [3.05, 3.63) is 64.8 Å². The van der Waals surface area contributed by atoms with Crippen LogP contribution in [0.15, 0.2) is 48.1 Å². The minimum Gasteiger partial charge on any atom is -0.0847 e. The van der Waals surface area contributed by atoms with Gasteiger partial charge in [0.05, 0.1) is 0 Å². The van der Waals surface area contributed by atoms with E-state index >= 15 is 0 Å². The molecule has 1 aromatic carbocycles. The maximum absolute atomic E-state index is 2.47. The molecule has 2 aliphatic rings. The molecule has 0 heteroatoms. The Morgan fingerprint density at radius 1 is 1.22 bits per heavy atom. The van der Waals surface area contributed by atoms with Gasteiger partial charge in [0.25, 0.3) is 0 Å². The molecule has 3 rings (SSSR count). The molecule has 0 aliphatic heterocycles. The first kappa shape index (κ1) is 16.3. The smallest absolute Gasteiger partial charge is 0.000600 e.